The molecule has 2 heterocycles. The van der Waals surface area contributed by atoms with E-state index in [9.17, 15) is 4.79 Å². The summed E-state index contributed by atoms with van der Waals surface area (Å²) in [4.78, 5) is 16.5. The molecule has 1 aliphatic heterocycles. The third kappa shape index (κ3) is 3.93. The Morgan fingerprint density at radius 2 is 2.30 bits per heavy atom. The second-order valence-electron chi connectivity index (χ2n) is 5.70. The maximum Gasteiger partial charge on any atom is 0.270 e. The van der Waals surface area contributed by atoms with Gasteiger partial charge in [0.25, 0.3) is 5.91 Å². The van der Waals surface area contributed by atoms with Crippen LogP contribution in [0.15, 0.2) is 18.2 Å². The molecule has 0 saturated carbocycles. The molecule has 1 unspecified atom stereocenters. The molecule has 5 heteroatoms. The normalized spacial score (nSPS) is 22.6. The predicted octanol–water partition coefficient (Wildman–Crippen LogP) is 2.17. The quantitative estimate of drug-likeness (QED) is 0.917. The van der Waals surface area contributed by atoms with E-state index in [2.05, 4.69) is 10.3 Å². The van der Waals surface area contributed by atoms with Gasteiger partial charge in [0.15, 0.2) is 0 Å². The van der Waals surface area contributed by atoms with E-state index in [0.29, 0.717) is 18.2 Å². The molecule has 2 rings (SSSR count). The topological polar surface area (TPSA) is 60.5 Å². The van der Waals surface area contributed by atoms with Crippen LogP contribution in [-0.4, -0.2) is 35.7 Å². The minimum absolute atomic E-state index is 0.0325. The van der Waals surface area contributed by atoms with E-state index < -0.39 is 0 Å². The Bertz CT molecular complexity index is 468. The van der Waals surface area contributed by atoms with Crippen molar-refractivity contribution >= 4 is 5.91 Å². The number of aromatic nitrogens is 1. The zero-order valence-electron chi connectivity index (χ0n) is 12.3. The molecular formula is C15H22N2O3. The fraction of sp³-hybridized carbons (Fsp3) is 0.600. The Hall–Kier alpha value is -1.62. The summed E-state index contributed by atoms with van der Waals surface area (Å²) in [6.45, 7) is 7.16. The Morgan fingerprint density at radius 3 is 2.95 bits per heavy atom. The summed E-state index contributed by atoms with van der Waals surface area (Å²) < 4.78 is 10.9. The van der Waals surface area contributed by atoms with Gasteiger partial charge in [-0.3, -0.25) is 4.79 Å². The molecule has 1 aromatic rings. The molecule has 1 saturated heterocycles. The highest BCUT2D eigenvalue weighted by atomic mass is 16.5. The van der Waals surface area contributed by atoms with E-state index in [4.69, 9.17) is 9.47 Å². The van der Waals surface area contributed by atoms with Gasteiger partial charge in [0.05, 0.1) is 18.2 Å². The molecule has 1 N–H and O–H groups in total. The van der Waals surface area contributed by atoms with Crippen LogP contribution in [-0.2, 0) is 4.74 Å². The first-order valence-electron chi connectivity index (χ1n) is 7.02. The lowest BCUT2D eigenvalue weighted by Gasteiger charge is -2.34. The first-order valence-corrected chi connectivity index (χ1v) is 7.02. The van der Waals surface area contributed by atoms with Crippen LogP contribution in [0.25, 0.3) is 0 Å². The van der Waals surface area contributed by atoms with Gasteiger partial charge in [-0.1, -0.05) is 6.07 Å². The smallest absolute Gasteiger partial charge is 0.270 e. The molecule has 1 aromatic heterocycles. The molecule has 0 radical (unpaired) electrons. The molecule has 1 fully saturated rings. The summed E-state index contributed by atoms with van der Waals surface area (Å²) in [7, 11) is 0. The van der Waals surface area contributed by atoms with Crippen LogP contribution >= 0.6 is 0 Å². The Balaban J connectivity index is 2.05. The number of hydrogen-bond donors (Lipinski definition) is 1. The van der Waals surface area contributed by atoms with Crippen molar-refractivity contribution < 1.29 is 14.3 Å². The summed E-state index contributed by atoms with van der Waals surface area (Å²) in [6, 6.07) is 5.22. The van der Waals surface area contributed by atoms with E-state index in [1.54, 1.807) is 18.2 Å². The zero-order chi connectivity index (χ0) is 14.6. The monoisotopic (exact) mass is 278 g/mol. The average molecular weight is 278 g/mol. The minimum atomic E-state index is -0.314. The molecule has 0 bridgehead atoms. The first-order chi connectivity index (χ1) is 9.48. The highest BCUT2D eigenvalue weighted by molar-refractivity contribution is 5.92. The number of rotatable bonds is 4. The van der Waals surface area contributed by atoms with E-state index >= 15 is 0 Å². The molecule has 0 spiro atoms. The Kier molecular flexibility index (Phi) is 4.60. The SMILES string of the molecule is CC(C)Oc1cccc(C(=O)NC2(C)CCCOC2)n1. The van der Waals surface area contributed by atoms with Crippen molar-refractivity contribution in [3.8, 4) is 5.88 Å². The maximum absolute atomic E-state index is 12.3. The van der Waals surface area contributed by atoms with Crippen molar-refractivity contribution in [1.82, 2.24) is 10.3 Å². The van der Waals surface area contributed by atoms with Gasteiger partial charge in [-0.05, 0) is 39.7 Å². The minimum Gasteiger partial charge on any atom is -0.475 e. The lowest BCUT2D eigenvalue weighted by atomic mass is 9.95. The van der Waals surface area contributed by atoms with E-state index in [-0.39, 0.29) is 17.6 Å². The molecule has 0 aliphatic carbocycles. The second-order valence-corrected chi connectivity index (χ2v) is 5.70. The molecule has 20 heavy (non-hydrogen) atoms. The van der Waals surface area contributed by atoms with Crippen molar-refractivity contribution in [2.24, 2.45) is 0 Å². The van der Waals surface area contributed by atoms with Gasteiger partial charge >= 0.3 is 0 Å². The molecule has 5 nitrogen and oxygen atoms in total. The molecule has 1 amide bonds. The van der Waals surface area contributed by atoms with Gasteiger partial charge in [0.1, 0.15) is 5.69 Å². The van der Waals surface area contributed by atoms with Crippen LogP contribution in [0.3, 0.4) is 0 Å². The zero-order valence-corrected chi connectivity index (χ0v) is 12.3. The van der Waals surface area contributed by atoms with Crippen LogP contribution in [0.5, 0.6) is 5.88 Å². The highest BCUT2D eigenvalue weighted by Gasteiger charge is 2.30. The molecule has 110 valence electrons. The molecular weight excluding hydrogens is 256 g/mol. The van der Waals surface area contributed by atoms with Crippen molar-refractivity contribution in [2.45, 2.75) is 45.3 Å². The number of hydrogen-bond acceptors (Lipinski definition) is 4. The number of nitrogens with zero attached hydrogens (tertiary/aromatic N) is 1. The van der Waals surface area contributed by atoms with Gasteiger partial charge in [0, 0.05) is 12.7 Å². The van der Waals surface area contributed by atoms with Crippen molar-refractivity contribution in [3.05, 3.63) is 23.9 Å². The van der Waals surface area contributed by atoms with Gasteiger partial charge in [-0.15, -0.1) is 0 Å². The molecule has 1 atom stereocenters. The second kappa shape index (κ2) is 6.22. The van der Waals surface area contributed by atoms with Crippen LogP contribution < -0.4 is 10.1 Å². The number of amides is 1. The fourth-order valence-electron chi connectivity index (χ4n) is 2.22. The van der Waals surface area contributed by atoms with Crippen LogP contribution in [0.4, 0.5) is 0 Å². The number of ether oxygens (including phenoxy) is 2. The van der Waals surface area contributed by atoms with Crippen LogP contribution in [0.1, 0.15) is 44.1 Å². The predicted molar refractivity (Wildman–Crippen MR) is 75.9 cm³/mol. The van der Waals surface area contributed by atoms with E-state index in [1.807, 2.05) is 20.8 Å². The maximum atomic E-state index is 12.3. The van der Waals surface area contributed by atoms with Crippen molar-refractivity contribution in [1.29, 1.82) is 0 Å². The van der Waals surface area contributed by atoms with E-state index in [1.165, 1.54) is 0 Å². The van der Waals surface area contributed by atoms with Gasteiger partial charge in [-0.25, -0.2) is 4.98 Å². The highest BCUT2D eigenvalue weighted by Crippen LogP contribution is 2.19. The van der Waals surface area contributed by atoms with E-state index in [0.717, 1.165) is 19.4 Å². The summed E-state index contributed by atoms with van der Waals surface area (Å²) >= 11 is 0. The molecule has 1 aliphatic rings. The van der Waals surface area contributed by atoms with Gasteiger partial charge in [-0.2, -0.15) is 0 Å². The number of pyridine rings is 1. The van der Waals surface area contributed by atoms with Crippen molar-refractivity contribution in [2.75, 3.05) is 13.2 Å². The number of carbonyl (C=O) groups is 1. The van der Waals surface area contributed by atoms with Crippen LogP contribution in [0, 0.1) is 0 Å². The lowest BCUT2D eigenvalue weighted by molar-refractivity contribution is 0.0271. The third-order valence-corrected chi connectivity index (χ3v) is 3.17. The average Bonchev–Trinajstić information content (AvgIpc) is 2.38. The van der Waals surface area contributed by atoms with Crippen LogP contribution in [0.2, 0.25) is 0 Å². The Morgan fingerprint density at radius 1 is 1.50 bits per heavy atom. The third-order valence-electron chi connectivity index (χ3n) is 3.17. The Labute approximate surface area is 119 Å². The first kappa shape index (κ1) is 14.8. The standard InChI is InChI=1S/C15H22N2O3/c1-11(2)20-13-7-4-6-12(16-13)14(18)17-15(3)8-5-9-19-10-15/h4,6-7,11H,5,8-10H2,1-3H3,(H,17,18). The van der Waals surface area contributed by atoms with Gasteiger partial charge in [0.2, 0.25) is 5.88 Å². The summed E-state index contributed by atoms with van der Waals surface area (Å²) in [5.41, 5.74) is 0.0568. The summed E-state index contributed by atoms with van der Waals surface area (Å²) in [5, 5.41) is 3.01. The lowest BCUT2D eigenvalue weighted by Crippen LogP contribution is -2.51. The molecule has 0 aromatic carbocycles. The van der Waals surface area contributed by atoms with Crippen molar-refractivity contribution in [3.63, 3.8) is 0 Å². The number of carbonyl (C=O) groups excluding carboxylic acids is 1. The fourth-order valence-corrected chi connectivity index (χ4v) is 2.22. The summed E-state index contributed by atoms with van der Waals surface area (Å²) in [5.74, 6) is 0.282. The number of nitrogens with one attached hydrogen (secondary N) is 1. The van der Waals surface area contributed by atoms with Gasteiger partial charge < -0.3 is 14.8 Å². The largest absolute Gasteiger partial charge is 0.475 e. The summed E-state index contributed by atoms with van der Waals surface area (Å²) in [6.07, 6.45) is 1.91.